The molecule has 1 fully saturated rings. The molecule has 2 atom stereocenters. The van der Waals surface area contributed by atoms with Crippen LogP contribution in [0.2, 0.25) is 0 Å². The van der Waals surface area contributed by atoms with Gasteiger partial charge in [0, 0.05) is 6.42 Å². The Bertz CT molecular complexity index is 623. The monoisotopic (exact) mass is 317 g/mol. The van der Waals surface area contributed by atoms with Crippen LogP contribution < -0.4 is 10.1 Å². The Kier molecular flexibility index (Phi) is 4.95. The van der Waals surface area contributed by atoms with Crippen LogP contribution in [0.3, 0.4) is 0 Å². The summed E-state index contributed by atoms with van der Waals surface area (Å²) in [6.45, 7) is 0.984. The van der Waals surface area contributed by atoms with Crippen LogP contribution in [0.15, 0.2) is 47.1 Å². The third-order valence-electron chi connectivity index (χ3n) is 3.75. The van der Waals surface area contributed by atoms with Crippen LogP contribution in [0.4, 0.5) is 0 Å². The summed E-state index contributed by atoms with van der Waals surface area (Å²) in [6.07, 6.45) is 1.97. The van der Waals surface area contributed by atoms with Gasteiger partial charge in [-0.2, -0.15) is 0 Å². The zero-order chi connectivity index (χ0) is 16.1. The molecular weight excluding hydrogens is 298 g/mol. The van der Waals surface area contributed by atoms with Gasteiger partial charge in [-0.05, 0) is 29.8 Å². The molecule has 0 spiro atoms. The molecule has 1 amide bonds. The Labute approximate surface area is 134 Å². The fourth-order valence-corrected chi connectivity index (χ4v) is 2.49. The third-order valence-corrected chi connectivity index (χ3v) is 3.75. The van der Waals surface area contributed by atoms with E-state index in [0.717, 1.165) is 5.56 Å². The second-order valence-corrected chi connectivity index (χ2v) is 5.38. The minimum atomic E-state index is -0.283. The van der Waals surface area contributed by atoms with Crippen LogP contribution in [0.1, 0.15) is 22.5 Å². The summed E-state index contributed by atoms with van der Waals surface area (Å²) in [7, 11) is 0. The molecule has 0 aliphatic carbocycles. The minimum absolute atomic E-state index is 0.000617. The zero-order valence-corrected chi connectivity index (χ0v) is 12.6. The molecule has 1 aromatic carbocycles. The number of hydrogen-bond donors (Lipinski definition) is 2. The van der Waals surface area contributed by atoms with E-state index in [4.69, 9.17) is 19.0 Å². The van der Waals surface area contributed by atoms with E-state index in [0.29, 0.717) is 25.4 Å². The van der Waals surface area contributed by atoms with Crippen molar-refractivity contribution in [3.8, 4) is 5.75 Å². The maximum absolute atomic E-state index is 12.1. The standard InChI is InChI=1S/C17H19NO5/c19-10-12-3-5-13(6-4-12)23-15-7-9-21-11-14(15)18-17(20)16-2-1-8-22-16/h1-6,8,14-15,19H,7,9-11H2,(H,18,20)/t14-,15-/m1/s1. The van der Waals surface area contributed by atoms with Crippen molar-refractivity contribution in [2.45, 2.75) is 25.2 Å². The van der Waals surface area contributed by atoms with Crippen LogP contribution in [-0.4, -0.2) is 36.4 Å². The number of ether oxygens (including phenoxy) is 2. The average Bonchev–Trinajstić information content (AvgIpc) is 3.12. The molecule has 0 saturated carbocycles. The highest BCUT2D eigenvalue weighted by atomic mass is 16.5. The molecule has 0 radical (unpaired) electrons. The third kappa shape index (κ3) is 3.91. The van der Waals surface area contributed by atoms with E-state index < -0.39 is 0 Å². The molecule has 2 heterocycles. The van der Waals surface area contributed by atoms with Crippen molar-refractivity contribution in [2.75, 3.05) is 13.2 Å². The number of rotatable bonds is 5. The van der Waals surface area contributed by atoms with Gasteiger partial charge in [0.1, 0.15) is 11.9 Å². The fourth-order valence-electron chi connectivity index (χ4n) is 2.49. The first kappa shape index (κ1) is 15.6. The molecule has 23 heavy (non-hydrogen) atoms. The SMILES string of the molecule is O=C(N[C@@H]1COCC[C@H]1Oc1ccc(CO)cc1)c1ccco1. The quantitative estimate of drug-likeness (QED) is 0.878. The van der Waals surface area contributed by atoms with E-state index in [1.807, 2.05) is 24.3 Å². The molecule has 3 rings (SSSR count). The van der Waals surface area contributed by atoms with Crippen molar-refractivity contribution in [1.29, 1.82) is 0 Å². The number of aliphatic hydroxyl groups excluding tert-OH is 1. The molecule has 1 aliphatic heterocycles. The Morgan fingerprint density at radius 3 is 2.83 bits per heavy atom. The Morgan fingerprint density at radius 1 is 1.30 bits per heavy atom. The van der Waals surface area contributed by atoms with Gasteiger partial charge in [0.15, 0.2) is 5.76 Å². The summed E-state index contributed by atoms with van der Waals surface area (Å²) < 4.78 is 16.5. The summed E-state index contributed by atoms with van der Waals surface area (Å²) in [5.74, 6) is 0.683. The van der Waals surface area contributed by atoms with Gasteiger partial charge >= 0.3 is 0 Å². The first-order valence-corrected chi connectivity index (χ1v) is 7.55. The van der Waals surface area contributed by atoms with E-state index in [1.165, 1.54) is 6.26 Å². The van der Waals surface area contributed by atoms with Gasteiger partial charge in [0.05, 0.1) is 32.1 Å². The summed E-state index contributed by atoms with van der Waals surface area (Å²) >= 11 is 0. The van der Waals surface area contributed by atoms with Gasteiger partial charge in [-0.15, -0.1) is 0 Å². The summed E-state index contributed by atoms with van der Waals surface area (Å²) in [5.41, 5.74) is 0.826. The molecule has 0 bridgehead atoms. The van der Waals surface area contributed by atoms with Crippen LogP contribution >= 0.6 is 0 Å². The maximum Gasteiger partial charge on any atom is 0.287 e. The molecule has 1 saturated heterocycles. The first-order valence-electron chi connectivity index (χ1n) is 7.55. The first-order chi connectivity index (χ1) is 11.3. The maximum atomic E-state index is 12.1. The van der Waals surface area contributed by atoms with E-state index in [-0.39, 0.29) is 30.4 Å². The highest BCUT2D eigenvalue weighted by Crippen LogP contribution is 2.19. The topological polar surface area (TPSA) is 80.9 Å². The number of nitrogens with one attached hydrogen (secondary N) is 1. The van der Waals surface area contributed by atoms with Crippen molar-refractivity contribution < 1.29 is 23.8 Å². The lowest BCUT2D eigenvalue weighted by molar-refractivity contribution is -0.00321. The summed E-state index contributed by atoms with van der Waals surface area (Å²) in [6, 6.07) is 10.3. The number of carbonyl (C=O) groups excluding carboxylic acids is 1. The van der Waals surface area contributed by atoms with Gasteiger partial charge in [0.25, 0.3) is 5.91 Å². The van der Waals surface area contributed by atoms with E-state index >= 15 is 0 Å². The molecule has 122 valence electrons. The zero-order valence-electron chi connectivity index (χ0n) is 12.6. The largest absolute Gasteiger partial charge is 0.488 e. The molecule has 1 aliphatic rings. The lowest BCUT2D eigenvalue weighted by atomic mass is 10.1. The van der Waals surface area contributed by atoms with Crippen molar-refractivity contribution in [2.24, 2.45) is 0 Å². The summed E-state index contributed by atoms with van der Waals surface area (Å²) in [4.78, 5) is 12.1. The normalized spacial score (nSPS) is 20.9. The van der Waals surface area contributed by atoms with Gasteiger partial charge in [-0.3, -0.25) is 4.79 Å². The van der Waals surface area contributed by atoms with Crippen LogP contribution in [-0.2, 0) is 11.3 Å². The van der Waals surface area contributed by atoms with Crippen molar-refractivity contribution in [3.05, 3.63) is 54.0 Å². The molecule has 6 heteroatoms. The number of carbonyl (C=O) groups is 1. The van der Waals surface area contributed by atoms with Crippen molar-refractivity contribution in [3.63, 3.8) is 0 Å². The molecule has 2 aromatic rings. The predicted molar refractivity (Wildman–Crippen MR) is 82.2 cm³/mol. The highest BCUT2D eigenvalue weighted by Gasteiger charge is 2.29. The van der Waals surface area contributed by atoms with E-state index in [9.17, 15) is 4.79 Å². The highest BCUT2D eigenvalue weighted by molar-refractivity contribution is 5.91. The van der Waals surface area contributed by atoms with Gasteiger partial charge in [-0.25, -0.2) is 0 Å². The number of hydrogen-bond acceptors (Lipinski definition) is 5. The number of benzene rings is 1. The molecule has 2 N–H and O–H groups in total. The number of amides is 1. The second kappa shape index (κ2) is 7.30. The lowest BCUT2D eigenvalue weighted by Crippen LogP contribution is -2.51. The van der Waals surface area contributed by atoms with Crippen molar-refractivity contribution in [1.82, 2.24) is 5.32 Å². The van der Waals surface area contributed by atoms with Crippen molar-refractivity contribution >= 4 is 5.91 Å². The van der Waals surface area contributed by atoms with Crippen LogP contribution in [0, 0.1) is 0 Å². The molecule has 1 aromatic heterocycles. The number of aliphatic hydroxyl groups is 1. The molecule has 6 nitrogen and oxygen atoms in total. The van der Waals surface area contributed by atoms with Crippen LogP contribution in [0.25, 0.3) is 0 Å². The Morgan fingerprint density at radius 2 is 2.13 bits per heavy atom. The van der Waals surface area contributed by atoms with E-state index in [1.54, 1.807) is 12.1 Å². The van der Waals surface area contributed by atoms with E-state index in [2.05, 4.69) is 5.32 Å². The smallest absolute Gasteiger partial charge is 0.287 e. The second-order valence-electron chi connectivity index (χ2n) is 5.38. The average molecular weight is 317 g/mol. The fraction of sp³-hybridized carbons (Fsp3) is 0.353. The molecular formula is C17H19NO5. The molecule has 0 unspecified atom stereocenters. The van der Waals surface area contributed by atoms with Gasteiger partial charge in [-0.1, -0.05) is 12.1 Å². The summed E-state index contributed by atoms with van der Waals surface area (Å²) in [5, 5.41) is 12.0. The number of furan rings is 1. The van der Waals surface area contributed by atoms with Gasteiger partial charge < -0.3 is 24.3 Å². The lowest BCUT2D eigenvalue weighted by Gasteiger charge is -2.32. The minimum Gasteiger partial charge on any atom is -0.488 e. The Hall–Kier alpha value is -2.31. The predicted octanol–water partition coefficient (Wildman–Crippen LogP) is 1.74. The van der Waals surface area contributed by atoms with Crippen LogP contribution in [0.5, 0.6) is 5.75 Å². The Balaban J connectivity index is 1.64. The van der Waals surface area contributed by atoms with Gasteiger partial charge in [0.2, 0.25) is 0 Å².